The molecule has 1 N–H and O–H groups in total. The molecule has 0 radical (unpaired) electrons. The summed E-state index contributed by atoms with van der Waals surface area (Å²) in [4.78, 5) is 12.8. The monoisotopic (exact) mass is 273 g/mol. The fourth-order valence-electron chi connectivity index (χ4n) is 1.76. The van der Waals surface area contributed by atoms with E-state index in [-0.39, 0.29) is 5.91 Å². The van der Waals surface area contributed by atoms with Gasteiger partial charge in [-0.3, -0.25) is 4.79 Å². The lowest BCUT2D eigenvalue weighted by Gasteiger charge is -2.10. The van der Waals surface area contributed by atoms with E-state index >= 15 is 0 Å². The van der Waals surface area contributed by atoms with Crippen LogP contribution >= 0.6 is 12.6 Å². The van der Waals surface area contributed by atoms with E-state index in [0.717, 1.165) is 17.0 Å². The molecule has 0 saturated carbocycles. The van der Waals surface area contributed by atoms with E-state index in [1.165, 1.54) is 0 Å². The number of carbonyl (C=O) groups excluding carboxylic acids is 1. The first-order valence-electron chi connectivity index (χ1n) is 5.86. The molecule has 2 aromatic rings. The highest BCUT2D eigenvalue weighted by molar-refractivity contribution is 7.80. The summed E-state index contributed by atoms with van der Waals surface area (Å²) in [5.74, 6) is 0.601. The Labute approximate surface area is 118 Å². The zero-order valence-corrected chi connectivity index (χ0v) is 11.7. The number of rotatable bonds is 3. The maximum absolute atomic E-state index is 12.2. The minimum Gasteiger partial charge on any atom is -0.497 e. The van der Waals surface area contributed by atoms with Crippen LogP contribution in [0.2, 0.25) is 0 Å². The van der Waals surface area contributed by atoms with Gasteiger partial charge in [0.05, 0.1) is 12.7 Å². The molecule has 4 heteroatoms. The normalized spacial score (nSPS) is 10.1. The Morgan fingerprint density at radius 2 is 1.95 bits per heavy atom. The van der Waals surface area contributed by atoms with Gasteiger partial charge in [0.1, 0.15) is 5.75 Å². The van der Waals surface area contributed by atoms with Crippen molar-refractivity contribution in [3.8, 4) is 5.75 Å². The Morgan fingerprint density at radius 3 is 2.58 bits per heavy atom. The molecule has 0 unspecified atom stereocenters. The quantitative estimate of drug-likeness (QED) is 0.839. The number of thiol groups is 1. The van der Waals surface area contributed by atoms with Crippen molar-refractivity contribution in [3.63, 3.8) is 0 Å². The summed E-state index contributed by atoms with van der Waals surface area (Å²) < 4.78 is 5.13. The van der Waals surface area contributed by atoms with Crippen LogP contribution in [0.3, 0.4) is 0 Å². The zero-order valence-electron chi connectivity index (χ0n) is 10.8. The summed E-state index contributed by atoms with van der Waals surface area (Å²) in [7, 11) is 1.62. The first-order valence-corrected chi connectivity index (χ1v) is 6.30. The van der Waals surface area contributed by atoms with Gasteiger partial charge in [0.25, 0.3) is 5.91 Å². The average molecular weight is 273 g/mol. The van der Waals surface area contributed by atoms with Crippen LogP contribution in [0.15, 0.2) is 47.4 Å². The van der Waals surface area contributed by atoms with Crippen LogP contribution in [0.1, 0.15) is 15.9 Å². The van der Waals surface area contributed by atoms with E-state index in [0.29, 0.717) is 10.5 Å². The van der Waals surface area contributed by atoms with Crippen molar-refractivity contribution in [1.82, 2.24) is 0 Å². The molecular formula is C15H15NO2S. The van der Waals surface area contributed by atoms with Crippen molar-refractivity contribution in [3.05, 3.63) is 53.6 Å². The van der Waals surface area contributed by atoms with Crippen LogP contribution in [0.25, 0.3) is 0 Å². The Balaban J connectivity index is 2.22. The van der Waals surface area contributed by atoms with E-state index in [9.17, 15) is 4.79 Å². The number of hydrogen-bond donors (Lipinski definition) is 2. The molecule has 0 bridgehead atoms. The van der Waals surface area contributed by atoms with Gasteiger partial charge in [-0.15, -0.1) is 12.6 Å². The lowest BCUT2D eigenvalue weighted by molar-refractivity contribution is 0.102. The topological polar surface area (TPSA) is 38.3 Å². The van der Waals surface area contributed by atoms with E-state index in [4.69, 9.17) is 4.74 Å². The largest absolute Gasteiger partial charge is 0.497 e. The third-order valence-corrected chi connectivity index (χ3v) is 3.22. The SMILES string of the molecule is COc1ccc(NC(=O)c2ccccc2S)c(C)c1. The standard InChI is InChI=1S/C15H15NO2S/c1-10-9-11(18-2)7-8-13(10)16-15(17)12-5-3-4-6-14(12)19/h3-9,19H,1-2H3,(H,16,17). The minimum absolute atomic E-state index is 0.168. The molecule has 0 fully saturated rings. The molecule has 2 rings (SSSR count). The van der Waals surface area contributed by atoms with Gasteiger partial charge in [0.2, 0.25) is 0 Å². The number of carbonyl (C=O) groups is 1. The predicted molar refractivity (Wildman–Crippen MR) is 79.4 cm³/mol. The first-order chi connectivity index (χ1) is 9.11. The highest BCUT2D eigenvalue weighted by Gasteiger charge is 2.10. The Kier molecular flexibility index (Phi) is 4.12. The molecule has 0 aliphatic rings. The Morgan fingerprint density at radius 1 is 1.21 bits per heavy atom. The molecule has 3 nitrogen and oxygen atoms in total. The van der Waals surface area contributed by atoms with Gasteiger partial charge in [0.15, 0.2) is 0 Å². The molecule has 98 valence electrons. The van der Waals surface area contributed by atoms with E-state index < -0.39 is 0 Å². The van der Waals surface area contributed by atoms with E-state index in [1.54, 1.807) is 19.2 Å². The third kappa shape index (κ3) is 3.09. The molecule has 2 aromatic carbocycles. The van der Waals surface area contributed by atoms with Gasteiger partial charge >= 0.3 is 0 Å². The molecule has 19 heavy (non-hydrogen) atoms. The van der Waals surface area contributed by atoms with Gasteiger partial charge < -0.3 is 10.1 Å². The predicted octanol–water partition coefficient (Wildman–Crippen LogP) is 3.54. The molecule has 0 aliphatic carbocycles. The van der Waals surface area contributed by atoms with Gasteiger partial charge in [-0.05, 0) is 42.8 Å². The van der Waals surface area contributed by atoms with Crippen molar-refractivity contribution in [2.75, 3.05) is 12.4 Å². The van der Waals surface area contributed by atoms with Crippen LogP contribution in [-0.4, -0.2) is 13.0 Å². The molecule has 0 spiro atoms. The second-order valence-electron chi connectivity index (χ2n) is 4.15. The van der Waals surface area contributed by atoms with Crippen LogP contribution in [-0.2, 0) is 0 Å². The van der Waals surface area contributed by atoms with Crippen LogP contribution in [0, 0.1) is 6.92 Å². The van der Waals surface area contributed by atoms with Gasteiger partial charge in [-0.1, -0.05) is 12.1 Å². The summed E-state index contributed by atoms with van der Waals surface area (Å²) in [6.07, 6.45) is 0. The molecular weight excluding hydrogens is 258 g/mol. The van der Waals surface area contributed by atoms with Gasteiger partial charge in [-0.25, -0.2) is 0 Å². The Bertz CT molecular complexity index is 611. The molecule has 1 amide bonds. The zero-order chi connectivity index (χ0) is 13.8. The summed E-state index contributed by atoms with van der Waals surface area (Å²) in [5.41, 5.74) is 2.27. The first kappa shape index (κ1) is 13.5. The third-order valence-electron chi connectivity index (χ3n) is 2.83. The highest BCUT2D eigenvalue weighted by Crippen LogP contribution is 2.22. The number of benzene rings is 2. The van der Waals surface area contributed by atoms with Crippen LogP contribution < -0.4 is 10.1 Å². The van der Waals surface area contributed by atoms with Crippen molar-refractivity contribution < 1.29 is 9.53 Å². The fourth-order valence-corrected chi connectivity index (χ4v) is 2.02. The van der Waals surface area contributed by atoms with Gasteiger partial charge in [-0.2, -0.15) is 0 Å². The summed E-state index contributed by atoms with van der Waals surface area (Å²) in [6, 6.07) is 12.7. The second kappa shape index (κ2) is 5.80. The van der Waals surface area contributed by atoms with Crippen molar-refractivity contribution >= 4 is 24.2 Å². The van der Waals surface area contributed by atoms with Crippen molar-refractivity contribution in [2.45, 2.75) is 11.8 Å². The smallest absolute Gasteiger partial charge is 0.256 e. The number of amides is 1. The fraction of sp³-hybridized carbons (Fsp3) is 0.133. The highest BCUT2D eigenvalue weighted by atomic mass is 32.1. The molecule has 0 aromatic heterocycles. The van der Waals surface area contributed by atoms with E-state index in [2.05, 4.69) is 17.9 Å². The van der Waals surface area contributed by atoms with Gasteiger partial charge in [0, 0.05) is 10.6 Å². The van der Waals surface area contributed by atoms with Crippen molar-refractivity contribution in [1.29, 1.82) is 0 Å². The number of ether oxygens (including phenoxy) is 1. The van der Waals surface area contributed by atoms with E-state index in [1.807, 2.05) is 37.3 Å². The minimum atomic E-state index is -0.168. The number of hydrogen-bond acceptors (Lipinski definition) is 3. The number of aryl methyl sites for hydroxylation is 1. The molecule has 0 heterocycles. The Hall–Kier alpha value is -1.94. The number of methoxy groups -OCH3 is 1. The molecule has 0 atom stereocenters. The average Bonchev–Trinajstić information content (AvgIpc) is 2.41. The molecule has 0 aliphatic heterocycles. The summed E-state index contributed by atoms with van der Waals surface area (Å²) >= 11 is 4.28. The van der Waals surface area contributed by atoms with Crippen LogP contribution in [0.5, 0.6) is 5.75 Å². The second-order valence-corrected chi connectivity index (χ2v) is 4.63. The molecule has 0 saturated heterocycles. The lowest BCUT2D eigenvalue weighted by Crippen LogP contribution is -2.13. The summed E-state index contributed by atoms with van der Waals surface area (Å²) in [6.45, 7) is 1.92. The number of anilines is 1. The van der Waals surface area contributed by atoms with Crippen LogP contribution in [0.4, 0.5) is 5.69 Å². The maximum atomic E-state index is 12.2. The number of nitrogens with one attached hydrogen (secondary N) is 1. The summed E-state index contributed by atoms with van der Waals surface area (Å²) in [5, 5.41) is 2.88. The van der Waals surface area contributed by atoms with Crippen molar-refractivity contribution in [2.24, 2.45) is 0 Å². The maximum Gasteiger partial charge on any atom is 0.256 e. The lowest BCUT2D eigenvalue weighted by atomic mass is 10.1.